The van der Waals surface area contributed by atoms with Crippen molar-refractivity contribution < 1.29 is 13.7 Å². The van der Waals surface area contributed by atoms with Gasteiger partial charge in [0, 0.05) is 5.39 Å². The zero-order valence-corrected chi connectivity index (χ0v) is 13.1. The highest BCUT2D eigenvalue weighted by atomic mass is 32.2. The maximum atomic E-state index is 13.7. The Labute approximate surface area is 135 Å². The van der Waals surface area contributed by atoms with E-state index in [2.05, 4.69) is 20.4 Å². The van der Waals surface area contributed by atoms with Gasteiger partial charge in [-0.15, -0.1) is 0 Å². The van der Waals surface area contributed by atoms with Gasteiger partial charge in [-0.2, -0.15) is 16.7 Å². The zero-order chi connectivity index (χ0) is 16.2. The zero-order valence-electron chi connectivity index (χ0n) is 12.2. The van der Waals surface area contributed by atoms with E-state index in [1.165, 1.54) is 6.07 Å². The van der Waals surface area contributed by atoms with Gasteiger partial charge in [-0.1, -0.05) is 23.4 Å². The predicted molar refractivity (Wildman–Crippen MR) is 84.4 cm³/mol. The number of rotatable bonds is 5. The van der Waals surface area contributed by atoms with Crippen LogP contribution in [-0.2, 0) is 12.3 Å². The van der Waals surface area contributed by atoms with E-state index in [0.29, 0.717) is 22.9 Å². The second kappa shape index (κ2) is 6.74. The molecule has 1 amide bonds. The molecule has 0 unspecified atom stereocenters. The molecule has 0 saturated carbocycles. The topological polar surface area (TPSA) is 80.9 Å². The lowest BCUT2D eigenvalue weighted by molar-refractivity contribution is 0.0941. The molecule has 23 heavy (non-hydrogen) atoms. The minimum atomic E-state index is -0.462. The van der Waals surface area contributed by atoms with E-state index in [4.69, 9.17) is 4.52 Å². The van der Waals surface area contributed by atoms with Gasteiger partial charge in [0.05, 0.1) is 12.3 Å². The lowest BCUT2D eigenvalue weighted by Crippen LogP contribution is -2.24. The van der Waals surface area contributed by atoms with Crippen molar-refractivity contribution in [2.75, 3.05) is 6.26 Å². The maximum absolute atomic E-state index is 13.7. The van der Waals surface area contributed by atoms with Gasteiger partial charge in [0.1, 0.15) is 17.0 Å². The molecular weight excluding hydrogens is 319 g/mol. The Hall–Kier alpha value is -2.48. The summed E-state index contributed by atoms with van der Waals surface area (Å²) in [5.74, 6) is 0.640. The Bertz CT molecular complexity index is 852. The highest BCUT2D eigenvalue weighted by molar-refractivity contribution is 7.97. The van der Waals surface area contributed by atoms with E-state index in [0.717, 1.165) is 0 Å². The number of para-hydroxylation sites is 1. The fourth-order valence-electron chi connectivity index (χ4n) is 2.03. The van der Waals surface area contributed by atoms with Crippen LogP contribution in [0.3, 0.4) is 0 Å². The Morgan fingerprint density at radius 3 is 3.00 bits per heavy atom. The minimum absolute atomic E-state index is 0.0944. The molecule has 0 atom stereocenters. The fourth-order valence-corrected chi connectivity index (χ4v) is 2.41. The van der Waals surface area contributed by atoms with Crippen LogP contribution in [0.2, 0.25) is 0 Å². The number of benzene rings is 1. The van der Waals surface area contributed by atoms with Crippen molar-refractivity contribution in [2.24, 2.45) is 0 Å². The number of hydrogen-bond acceptors (Lipinski definition) is 6. The van der Waals surface area contributed by atoms with Gasteiger partial charge in [0.25, 0.3) is 5.91 Å². The second-order valence-electron chi connectivity index (χ2n) is 4.73. The number of carbonyl (C=O) groups excluding carboxylic acids is 1. The number of nitrogens with zero attached hydrogens (tertiary/aromatic N) is 3. The van der Waals surface area contributed by atoms with E-state index < -0.39 is 11.7 Å². The van der Waals surface area contributed by atoms with Crippen LogP contribution in [0.25, 0.3) is 10.9 Å². The molecule has 0 aliphatic heterocycles. The van der Waals surface area contributed by atoms with Crippen molar-refractivity contribution >= 4 is 28.6 Å². The van der Waals surface area contributed by atoms with E-state index in [9.17, 15) is 9.18 Å². The number of hydrogen-bond donors (Lipinski definition) is 1. The third-order valence-electron chi connectivity index (χ3n) is 3.09. The van der Waals surface area contributed by atoms with Crippen LogP contribution < -0.4 is 5.32 Å². The Morgan fingerprint density at radius 2 is 2.17 bits per heavy atom. The van der Waals surface area contributed by atoms with Gasteiger partial charge >= 0.3 is 0 Å². The van der Waals surface area contributed by atoms with Crippen molar-refractivity contribution in [3.05, 3.63) is 53.6 Å². The third kappa shape index (κ3) is 3.48. The van der Waals surface area contributed by atoms with E-state index >= 15 is 0 Å². The first-order chi connectivity index (χ1) is 11.2. The molecule has 8 heteroatoms. The molecule has 0 aliphatic carbocycles. The Morgan fingerprint density at radius 1 is 1.30 bits per heavy atom. The van der Waals surface area contributed by atoms with Crippen molar-refractivity contribution in [2.45, 2.75) is 12.3 Å². The maximum Gasteiger partial charge on any atom is 0.270 e. The summed E-state index contributed by atoms with van der Waals surface area (Å²) in [6, 6.07) is 7.84. The van der Waals surface area contributed by atoms with Crippen LogP contribution in [0, 0.1) is 5.82 Å². The molecule has 0 bridgehead atoms. The summed E-state index contributed by atoms with van der Waals surface area (Å²) in [7, 11) is 0. The van der Waals surface area contributed by atoms with Crippen LogP contribution in [-0.4, -0.2) is 27.3 Å². The summed E-state index contributed by atoms with van der Waals surface area (Å²) in [6.45, 7) is 0.0944. The molecule has 3 aromatic rings. The lowest BCUT2D eigenvalue weighted by Gasteiger charge is -2.04. The van der Waals surface area contributed by atoms with Gasteiger partial charge in [-0.25, -0.2) is 9.37 Å². The lowest BCUT2D eigenvalue weighted by atomic mass is 10.2. The molecular formula is C15H13FN4O2S. The van der Waals surface area contributed by atoms with Crippen molar-refractivity contribution in [1.82, 2.24) is 20.4 Å². The summed E-state index contributed by atoms with van der Waals surface area (Å²) in [4.78, 5) is 20.3. The summed E-state index contributed by atoms with van der Waals surface area (Å²) in [6.07, 6.45) is 1.93. The molecule has 1 aromatic carbocycles. The van der Waals surface area contributed by atoms with Crippen LogP contribution in [0.5, 0.6) is 0 Å². The normalized spacial score (nSPS) is 10.9. The van der Waals surface area contributed by atoms with Crippen molar-refractivity contribution in [3.8, 4) is 0 Å². The van der Waals surface area contributed by atoms with Gasteiger partial charge in [0.2, 0.25) is 5.89 Å². The molecule has 3 rings (SSSR count). The molecule has 0 aliphatic rings. The SMILES string of the molecule is CSCc1noc(CNC(=O)c2ccc3cccc(F)c3n2)n1. The fraction of sp³-hybridized carbons (Fsp3) is 0.200. The van der Waals surface area contributed by atoms with E-state index in [1.807, 2.05) is 6.26 Å². The highest BCUT2D eigenvalue weighted by Gasteiger charge is 2.12. The van der Waals surface area contributed by atoms with Gasteiger partial charge < -0.3 is 9.84 Å². The molecule has 0 radical (unpaired) electrons. The molecule has 2 aromatic heterocycles. The first-order valence-electron chi connectivity index (χ1n) is 6.81. The monoisotopic (exact) mass is 332 g/mol. The number of aromatic nitrogens is 3. The van der Waals surface area contributed by atoms with Gasteiger partial charge in [-0.3, -0.25) is 4.79 Å². The summed E-state index contributed by atoms with van der Waals surface area (Å²) in [5, 5.41) is 7.05. The first-order valence-corrected chi connectivity index (χ1v) is 8.20. The molecule has 0 saturated heterocycles. The number of halogens is 1. The van der Waals surface area contributed by atoms with Crippen LogP contribution >= 0.6 is 11.8 Å². The largest absolute Gasteiger partial charge is 0.342 e. The molecule has 6 nitrogen and oxygen atoms in total. The molecule has 2 heterocycles. The highest BCUT2D eigenvalue weighted by Crippen LogP contribution is 2.16. The molecule has 0 spiro atoms. The average Bonchev–Trinajstić information content (AvgIpc) is 3.01. The quantitative estimate of drug-likeness (QED) is 0.773. The van der Waals surface area contributed by atoms with Crippen molar-refractivity contribution in [3.63, 3.8) is 0 Å². The number of amides is 1. The number of carbonyl (C=O) groups is 1. The van der Waals surface area contributed by atoms with Crippen LogP contribution in [0.1, 0.15) is 22.2 Å². The smallest absolute Gasteiger partial charge is 0.270 e. The summed E-state index contributed by atoms with van der Waals surface area (Å²) >= 11 is 1.57. The van der Waals surface area contributed by atoms with Gasteiger partial charge in [-0.05, 0) is 18.4 Å². The molecule has 1 N–H and O–H groups in total. The van der Waals surface area contributed by atoms with Crippen LogP contribution in [0.4, 0.5) is 4.39 Å². The van der Waals surface area contributed by atoms with E-state index in [-0.39, 0.29) is 17.8 Å². The van der Waals surface area contributed by atoms with Crippen molar-refractivity contribution in [1.29, 1.82) is 0 Å². The molecule has 118 valence electrons. The standard InChI is InChI=1S/C15H13FN4O2S/c1-23-8-12-19-13(22-20-12)7-17-15(21)11-6-5-9-3-2-4-10(16)14(9)18-11/h2-6H,7-8H2,1H3,(H,17,21). The molecule has 0 fully saturated rings. The third-order valence-corrected chi connectivity index (χ3v) is 3.63. The van der Waals surface area contributed by atoms with Crippen LogP contribution in [0.15, 0.2) is 34.9 Å². The first kappa shape index (κ1) is 15.4. The Balaban J connectivity index is 1.71. The number of nitrogens with one attached hydrogen (secondary N) is 1. The predicted octanol–water partition coefficient (Wildman–Crippen LogP) is 2.55. The summed E-state index contributed by atoms with van der Waals surface area (Å²) < 4.78 is 18.7. The Kier molecular flexibility index (Phi) is 4.52. The van der Waals surface area contributed by atoms with Gasteiger partial charge in [0.15, 0.2) is 5.82 Å². The number of pyridine rings is 1. The number of fused-ring (bicyclic) bond motifs is 1. The number of thioether (sulfide) groups is 1. The minimum Gasteiger partial charge on any atom is -0.342 e. The van der Waals surface area contributed by atoms with E-state index in [1.54, 1.807) is 36.0 Å². The summed E-state index contributed by atoms with van der Waals surface area (Å²) in [5.41, 5.74) is 0.298. The average molecular weight is 332 g/mol. The second-order valence-corrected chi connectivity index (χ2v) is 5.59.